The van der Waals surface area contributed by atoms with E-state index in [2.05, 4.69) is 118 Å². The zero-order valence-corrected chi connectivity index (χ0v) is 19.4. The molecule has 0 heteroatoms. The number of unbranched alkanes of at least 4 members (excludes halogenated alkanes) is 1. The van der Waals surface area contributed by atoms with E-state index in [0.717, 1.165) is 0 Å². The summed E-state index contributed by atoms with van der Waals surface area (Å²) in [5.41, 5.74) is 0.726. The van der Waals surface area contributed by atoms with Crippen LogP contribution in [0.5, 0.6) is 0 Å². The molecule has 0 unspecified atom stereocenters. The van der Waals surface area contributed by atoms with E-state index in [1.54, 1.807) is 0 Å². The highest BCUT2D eigenvalue weighted by Crippen LogP contribution is 2.48. The molecule has 0 rings (SSSR count). The average Bonchev–Trinajstić information content (AvgIpc) is 2.49. The molecule has 150 valence electrons. The van der Waals surface area contributed by atoms with Crippen LogP contribution in [0.1, 0.15) is 94.9 Å². The Balaban J connectivity index is 5.38. The lowest BCUT2D eigenvalue weighted by Gasteiger charge is -2.43. The van der Waals surface area contributed by atoms with Crippen LogP contribution >= 0.6 is 0 Å². The lowest BCUT2D eigenvalue weighted by molar-refractivity contribution is 0.165. The summed E-state index contributed by atoms with van der Waals surface area (Å²) >= 11 is 0. The van der Waals surface area contributed by atoms with E-state index in [4.69, 9.17) is 0 Å². The molecule has 0 fully saturated rings. The molecule has 0 atom stereocenters. The zero-order chi connectivity index (χ0) is 20.5. The smallest absolute Gasteiger partial charge is 0.0109 e. The van der Waals surface area contributed by atoms with E-state index in [9.17, 15) is 0 Å². The largest absolute Gasteiger partial charge is 0.0908 e. The number of allylic oxidation sites excluding steroid dienone is 8. The summed E-state index contributed by atoms with van der Waals surface area (Å²) in [4.78, 5) is 0. The van der Waals surface area contributed by atoms with Crippen molar-refractivity contribution in [1.82, 2.24) is 0 Å². The van der Waals surface area contributed by atoms with Crippen LogP contribution in [0.3, 0.4) is 0 Å². The van der Waals surface area contributed by atoms with Gasteiger partial charge in [-0.15, -0.1) is 0 Å². The highest BCUT2D eigenvalue weighted by Gasteiger charge is 2.38. The Hall–Kier alpha value is -1.04. The number of hydrogen-bond donors (Lipinski definition) is 0. The fourth-order valence-corrected chi connectivity index (χ4v) is 4.22. The van der Waals surface area contributed by atoms with Gasteiger partial charge in [0.05, 0.1) is 0 Å². The average molecular weight is 359 g/mol. The summed E-state index contributed by atoms with van der Waals surface area (Å²) in [6, 6.07) is 0. The second kappa shape index (κ2) is 10.3. The molecule has 0 heterocycles. The summed E-state index contributed by atoms with van der Waals surface area (Å²) in [7, 11) is 0. The van der Waals surface area contributed by atoms with E-state index in [1.165, 1.54) is 25.7 Å². The van der Waals surface area contributed by atoms with Crippen molar-refractivity contribution in [3.8, 4) is 0 Å². The Morgan fingerprint density at radius 1 is 0.462 bits per heavy atom. The molecular formula is C26H46. The lowest BCUT2D eigenvalue weighted by Crippen LogP contribution is -2.33. The highest BCUT2D eigenvalue weighted by molar-refractivity contribution is 5.17. The molecule has 0 nitrogen and oxygen atoms in total. The van der Waals surface area contributed by atoms with Crippen molar-refractivity contribution in [2.75, 3.05) is 0 Å². The standard InChI is InChI=1S/C26H46/c1-11-17-25(18-12-2,23(5,6)7)21-15-16-22-26(19-13-3,20-14-4)24(8,9)10/h11-14,17-20H,15-16,21-22H2,1-10H3/b17-11+,18-12+,19-13+,20-14+. The summed E-state index contributed by atoms with van der Waals surface area (Å²) in [5.74, 6) is 0. The first-order valence-corrected chi connectivity index (χ1v) is 10.5. The number of rotatable bonds is 9. The minimum Gasteiger partial charge on any atom is -0.0908 e. The predicted molar refractivity (Wildman–Crippen MR) is 122 cm³/mol. The molecule has 0 radical (unpaired) electrons. The summed E-state index contributed by atoms with van der Waals surface area (Å²) in [6.45, 7) is 22.8. The Kier molecular flexibility index (Phi) is 9.92. The molecule has 0 aromatic heterocycles. The van der Waals surface area contributed by atoms with Gasteiger partial charge in [0.15, 0.2) is 0 Å². The first-order chi connectivity index (χ1) is 11.9. The maximum Gasteiger partial charge on any atom is 0.0109 e. The van der Waals surface area contributed by atoms with Crippen LogP contribution in [-0.4, -0.2) is 0 Å². The third kappa shape index (κ3) is 6.29. The monoisotopic (exact) mass is 358 g/mol. The molecular weight excluding hydrogens is 312 g/mol. The van der Waals surface area contributed by atoms with Crippen molar-refractivity contribution in [1.29, 1.82) is 0 Å². The van der Waals surface area contributed by atoms with Gasteiger partial charge in [0, 0.05) is 10.8 Å². The molecule has 0 saturated carbocycles. The maximum absolute atomic E-state index is 2.42. The van der Waals surface area contributed by atoms with Crippen molar-refractivity contribution < 1.29 is 0 Å². The Bertz CT molecular complexity index is 425. The number of hydrogen-bond acceptors (Lipinski definition) is 0. The molecule has 0 amide bonds. The van der Waals surface area contributed by atoms with E-state index >= 15 is 0 Å². The van der Waals surface area contributed by atoms with E-state index in [1.807, 2.05) is 0 Å². The van der Waals surface area contributed by atoms with Gasteiger partial charge >= 0.3 is 0 Å². The fourth-order valence-electron chi connectivity index (χ4n) is 4.22. The van der Waals surface area contributed by atoms with Gasteiger partial charge in [-0.1, -0.05) is 103 Å². The molecule has 0 aromatic carbocycles. The van der Waals surface area contributed by atoms with Crippen LogP contribution in [0.4, 0.5) is 0 Å². The minimum atomic E-state index is 0.141. The van der Waals surface area contributed by atoms with Gasteiger partial charge in [-0.25, -0.2) is 0 Å². The molecule has 0 N–H and O–H groups in total. The SMILES string of the molecule is C/C=C/C(/C=C/C)(CCCCC(/C=C/C)(/C=C/C)C(C)(C)C)C(C)(C)C. The Morgan fingerprint density at radius 3 is 0.846 bits per heavy atom. The molecule has 0 aromatic rings. The molecule has 0 bridgehead atoms. The molecule has 26 heavy (non-hydrogen) atoms. The van der Waals surface area contributed by atoms with Crippen molar-refractivity contribution in [3.63, 3.8) is 0 Å². The van der Waals surface area contributed by atoms with Gasteiger partial charge in [0.1, 0.15) is 0 Å². The van der Waals surface area contributed by atoms with Crippen LogP contribution in [0.25, 0.3) is 0 Å². The van der Waals surface area contributed by atoms with Gasteiger partial charge in [0.2, 0.25) is 0 Å². The molecule has 0 aliphatic heterocycles. The summed E-state index contributed by atoms with van der Waals surface area (Å²) in [6.07, 6.45) is 23.5. The van der Waals surface area contributed by atoms with Crippen molar-refractivity contribution in [2.45, 2.75) is 94.9 Å². The van der Waals surface area contributed by atoms with Crippen LogP contribution in [0, 0.1) is 21.7 Å². The van der Waals surface area contributed by atoms with Gasteiger partial charge in [-0.3, -0.25) is 0 Å². The molecule has 0 aliphatic rings. The second-order valence-electron chi connectivity index (χ2n) is 9.79. The van der Waals surface area contributed by atoms with Gasteiger partial charge in [0.25, 0.3) is 0 Å². The van der Waals surface area contributed by atoms with E-state index < -0.39 is 0 Å². The summed E-state index contributed by atoms with van der Waals surface area (Å²) < 4.78 is 0. The highest BCUT2D eigenvalue weighted by atomic mass is 14.4. The first-order valence-electron chi connectivity index (χ1n) is 10.5. The predicted octanol–water partition coefficient (Wildman–Crippen LogP) is 8.92. The summed E-state index contributed by atoms with van der Waals surface area (Å²) in [5, 5.41) is 0. The van der Waals surface area contributed by atoms with Gasteiger partial charge < -0.3 is 0 Å². The van der Waals surface area contributed by atoms with Crippen LogP contribution in [-0.2, 0) is 0 Å². The Labute approximate surface area is 165 Å². The topological polar surface area (TPSA) is 0 Å². The zero-order valence-electron chi connectivity index (χ0n) is 19.4. The molecule has 0 aliphatic carbocycles. The maximum atomic E-state index is 2.42. The van der Waals surface area contributed by atoms with Crippen LogP contribution in [0.2, 0.25) is 0 Å². The molecule has 0 saturated heterocycles. The quantitative estimate of drug-likeness (QED) is 0.285. The van der Waals surface area contributed by atoms with Crippen LogP contribution in [0.15, 0.2) is 48.6 Å². The normalized spacial score (nSPS) is 15.3. The van der Waals surface area contributed by atoms with Crippen molar-refractivity contribution in [2.24, 2.45) is 21.7 Å². The lowest BCUT2D eigenvalue weighted by atomic mass is 9.61. The fraction of sp³-hybridized carbons (Fsp3) is 0.692. The Morgan fingerprint density at radius 2 is 0.692 bits per heavy atom. The third-order valence-corrected chi connectivity index (χ3v) is 6.08. The van der Waals surface area contributed by atoms with Gasteiger partial charge in [-0.05, 0) is 51.4 Å². The van der Waals surface area contributed by atoms with Crippen molar-refractivity contribution in [3.05, 3.63) is 48.6 Å². The van der Waals surface area contributed by atoms with E-state index in [0.29, 0.717) is 0 Å². The van der Waals surface area contributed by atoms with Crippen molar-refractivity contribution >= 4 is 0 Å². The van der Waals surface area contributed by atoms with Crippen LogP contribution < -0.4 is 0 Å². The minimum absolute atomic E-state index is 0.141. The second-order valence-corrected chi connectivity index (χ2v) is 9.79. The third-order valence-electron chi connectivity index (χ3n) is 6.08. The first kappa shape index (κ1) is 25.0. The van der Waals surface area contributed by atoms with Gasteiger partial charge in [-0.2, -0.15) is 0 Å². The van der Waals surface area contributed by atoms with E-state index in [-0.39, 0.29) is 21.7 Å². The molecule has 0 spiro atoms.